The zero-order valence-electron chi connectivity index (χ0n) is 11.1. The van der Waals surface area contributed by atoms with Crippen LogP contribution in [0.2, 0.25) is 0 Å². The standard InChI is InChI=1S/C17H18O2/c1-18-17-11-9-16(10-12-17)14-19-13-5-8-15-6-3-2-4-7-15/h2-12H,13-14H2,1H3/b8-5+. The quantitative estimate of drug-likeness (QED) is 0.727. The number of hydrogen-bond acceptors (Lipinski definition) is 2. The molecule has 0 heterocycles. The minimum Gasteiger partial charge on any atom is -0.497 e. The number of ether oxygens (including phenoxy) is 2. The summed E-state index contributed by atoms with van der Waals surface area (Å²) in [7, 11) is 1.67. The van der Waals surface area contributed by atoms with E-state index in [0.29, 0.717) is 13.2 Å². The van der Waals surface area contributed by atoms with Crippen LogP contribution in [0.3, 0.4) is 0 Å². The van der Waals surface area contributed by atoms with Gasteiger partial charge in [0.25, 0.3) is 0 Å². The summed E-state index contributed by atoms with van der Waals surface area (Å²) in [5.41, 5.74) is 2.34. The van der Waals surface area contributed by atoms with Gasteiger partial charge in [-0.1, -0.05) is 54.6 Å². The molecule has 0 aliphatic rings. The molecule has 0 saturated heterocycles. The Hall–Kier alpha value is -2.06. The van der Waals surface area contributed by atoms with E-state index in [2.05, 4.69) is 18.2 Å². The van der Waals surface area contributed by atoms with Gasteiger partial charge in [0.2, 0.25) is 0 Å². The summed E-state index contributed by atoms with van der Waals surface area (Å²) in [6, 6.07) is 18.1. The van der Waals surface area contributed by atoms with E-state index in [1.165, 1.54) is 5.56 Å². The van der Waals surface area contributed by atoms with Crippen molar-refractivity contribution in [3.63, 3.8) is 0 Å². The van der Waals surface area contributed by atoms with Crippen molar-refractivity contribution >= 4 is 6.08 Å². The molecule has 2 nitrogen and oxygen atoms in total. The van der Waals surface area contributed by atoms with Crippen LogP contribution in [0.15, 0.2) is 60.7 Å². The third-order valence-electron chi connectivity index (χ3n) is 2.75. The lowest BCUT2D eigenvalue weighted by atomic mass is 10.2. The van der Waals surface area contributed by atoms with Crippen LogP contribution in [0.4, 0.5) is 0 Å². The van der Waals surface area contributed by atoms with Crippen LogP contribution in [0, 0.1) is 0 Å². The van der Waals surface area contributed by atoms with Crippen molar-refractivity contribution in [2.75, 3.05) is 13.7 Å². The van der Waals surface area contributed by atoms with Gasteiger partial charge in [-0.05, 0) is 23.3 Å². The first-order valence-corrected chi connectivity index (χ1v) is 6.31. The van der Waals surface area contributed by atoms with Crippen LogP contribution in [0.1, 0.15) is 11.1 Å². The molecule has 2 rings (SSSR count). The lowest BCUT2D eigenvalue weighted by Gasteiger charge is -2.03. The Morgan fingerprint density at radius 3 is 2.37 bits per heavy atom. The number of benzene rings is 2. The van der Waals surface area contributed by atoms with Crippen LogP contribution in [-0.4, -0.2) is 13.7 Å². The maximum Gasteiger partial charge on any atom is 0.118 e. The highest BCUT2D eigenvalue weighted by atomic mass is 16.5. The first-order valence-electron chi connectivity index (χ1n) is 6.31. The summed E-state index contributed by atoms with van der Waals surface area (Å²) >= 11 is 0. The second kappa shape index (κ2) is 7.39. The van der Waals surface area contributed by atoms with Crippen molar-refractivity contribution in [3.8, 4) is 5.75 Å². The Bertz CT molecular complexity index is 501. The number of rotatable bonds is 6. The Labute approximate surface area is 114 Å². The van der Waals surface area contributed by atoms with Crippen molar-refractivity contribution in [1.29, 1.82) is 0 Å². The summed E-state index contributed by atoms with van der Waals surface area (Å²) in [5.74, 6) is 0.868. The Kier molecular flexibility index (Phi) is 5.20. The molecule has 98 valence electrons. The van der Waals surface area contributed by atoms with Gasteiger partial charge in [0.1, 0.15) is 5.75 Å². The van der Waals surface area contributed by atoms with Crippen molar-refractivity contribution in [3.05, 3.63) is 71.8 Å². The predicted molar refractivity (Wildman–Crippen MR) is 78.1 cm³/mol. The third kappa shape index (κ3) is 4.60. The average molecular weight is 254 g/mol. The van der Waals surface area contributed by atoms with Crippen molar-refractivity contribution in [2.24, 2.45) is 0 Å². The van der Waals surface area contributed by atoms with Gasteiger partial charge < -0.3 is 9.47 Å². The second-order valence-corrected chi connectivity index (χ2v) is 4.18. The summed E-state index contributed by atoms with van der Waals surface area (Å²) in [5, 5.41) is 0. The summed E-state index contributed by atoms with van der Waals surface area (Å²) in [6.45, 7) is 1.23. The van der Waals surface area contributed by atoms with Crippen molar-refractivity contribution in [1.82, 2.24) is 0 Å². The number of methoxy groups -OCH3 is 1. The zero-order chi connectivity index (χ0) is 13.3. The maximum absolute atomic E-state index is 5.59. The Balaban J connectivity index is 1.73. The van der Waals surface area contributed by atoms with E-state index >= 15 is 0 Å². The van der Waals surface area contributed by atoms with E-state index in [1.807, 2.05) is 48.5 Å². The molecular formula is C17H18O2. The van der Waals surface area contributed by atoms with Gasteiger partial charge in [-0.3, -0.25) is 0 Å². The molecule has 0 amide bonds. The van der Waals surface area contributed by atoms with Crippen LogP contribution >= 0.6 is 0 Å². The minimum atomic E-state index is 0.612. The molecule has 0 aromatic heterocycles. The largest absolute Gasteiger partial charge is 0.497 e. The smallest absolute Gasteiger partial charge is 0.118 e. The predicted octanol–water partition coefficient (Wildman–Crippen LogP) is 3.93. The molecule has 0 aliphatic heterocycles. The highest BCUT2D eigenvalue weighted by Crippen LogP contribution is 2.11. The summed E-state index contributed by atoms with van der Waals surface area (Å²) < 4.78 is 10.7. The van der Waals surface area contributed by atoms with Crippen LogP contribution in [0.25, 0.3) is 6.08 Å². The topological polar surface area (TPSA) is 18.5 Å². The number of hydrogen-bond donors (Lipinski definition) is 0. The minimum absolute atomic E-state index is 0.612. The molecule has 2 heteroatoms. The van der Waals surface area contributed by atoms with Crippen LogP contribution in [0.5, 0.6) is 5.75 Å². The monoisotopic (exact) mass is 254 g/mol. The van der Waals surface area contributed by atoms with Crippen molar-refractivity contribution < 1.29 is 9.47 Å². The normalized spacial score (nSPS) is 10.8. The highest BCUT2D eigenvalue weighted by Gasteiger charge is 1.93. The van der Waals surface area contributed by atoms with E-state index in [1.54, 1.807) is 7.11 Å². The SMILES string of the molecule is COc1ccc(COC/C=C/c2ccccc2)cc1. The average Bonchev–Trinajstić information content (AvgIpc) is 2.49. The molecule has 0 radical (unpaired) electrons. The van der Waals surface area contributed by atoms with Crippen LogP contribution in [-0.2, 0) is 11.3 Å². The summed E-state index contributed by atoms with van der Waals surface area (Å²) in [4.78, 5) is 0. The molecule has 2 aromatic carbocycles. The fraction of sp³-hybridized carbons (Fsp3) is 0.176. The molecule has 0 unspecified atom stereocenters. The molecule has 0 bridgehead atoms. The molecule has 0 spiro atoms. The lowest BCUT2D eigenvalue weighted by Crippen LogP contribution is -1.93. The van der Waals surface area contributed by atoms with E-state index in [9.17, 15) is 0 Å². The van der Waals surface area contributed by atoms with E-state index in [-0.39, 0.29) is 0 Å². The van der Waals surface area contributed by atoms with Gasteiger partial charge in [-0.15, -0.1) is 0 Å². The maximum atomic E-state index is 5.59. The summed E-state index contributed by atoms with van der Waals surface area (Å²) in [6.07, 6.45) is 4.09. The molecule has 19 heavy (non-hydrogen) atoms. The molecule has 0 atom stereocenters. The van der Waals surface area contributed by atoms with E-state index < -0.39 is 0 Å². The lowest BCUT2D eigenvalue weighted by molar-refractivity contribution is 0.149. The van der Waals surface area contributed by atoms with E-state index in [4.69, 9.17) is 9.47 Å². The highest BCUT2D eigenvalue weighted by molar-refractivity contribution is 5.48. The Morgan fingerprint density at radius 1 is 0.947 bits per heavy atom. The zero-order valence-corrected chi connectivity index (χ0v) is 11.1. The third-order valence-corrected chi connectivity index (χ3v) is 2.75. The molecule has 0 aliphatic carbocycles. The first kappa shape index (κ1) is 13.4. The second-order valence-electron chi connectivity index (χ2n) is 4.18. The molecule has 0 fully saturated rings. The fourth-order valence-corrected chi connectivity index (χ4v) is 1.71. The van der Waals surface area contributed by atoms with Gasteiger partial charge in [0.15, 0.2) is 0 Å². The molecule has 0 saturated carbocycles. The Morgan fingerprint density at radius 2 is 1.68 bits per heavy atom. The van der Waals surface area contributed by atoms with Crippen LogP contribution < -0.4 is 4.74 Å². The fourth-order valence-electron chi connectivity index (χ4n) is 1.71. The van der Waals surface area contributed by atoms with Gasteiger partial charge in [-0.2, -0.15) is 0 Å². The molecular weight excluding hydrogens is 236 g/mol. The first-order chi connectivity index (χ1) is 9.38. The van der Waals surface area contributed by atoms with Gasteiger partial charge in [-0.25, -0.2) is 0 Å². The van der Waals surface area contributed by atoms with Crippen molar-refractivity contribution in [2.45, 2.75) is 6.61 Å². The van der Waals surface area contributed by atoms with E-state index in [0.717, 1.165) is 11.3 Å². The van der Waals surface area contributed by atoms with Gasteiger partial charge >= 0.3 is 0 Å². The van der Waals surface area contributed by atoms with Gasteiger partial charge in [0, 0.05) is 0 Å². The molecule has 2 aromatic rings. The molecule has 0 N–H and O–H groups in total. The van der Waals surface area contributed by atoms with Gasteiger partial charge in [0.05, 0.1) is 20.3 Å².